The van der Waals surface area contributed by atoms with Gasteiger partial charge in [-0.3, -0.25) is 13.9 Å². The summed E-state index contributed by atoms with van der Waals surface area (Å²) < 4.78 is 29.1. The Balaban J connectivity index is 2.09. The van der Waals surface area contributed by atoms with Crippen LogP contribution in [0.1, 0.15) is 48.9 Å². The molecule has 3 aromatic carbocycles. The standard InChI is InChI=1S/C31H37Cl2N3O4S/c1-6-16-34-31(38)29(7-2)35(19-24-11-15-27(32)28(33)18-24)30(37)20-36(25-12-10-22(4)23(5)17-25)41(39,40)26-13-8-21(3)9-14-26/h8-15,17-18,29H,6-7,16,19-20H2,1-5H3,(H,34,38). The Morgan fingerprint density at radius 2 is 1.56 bits per heavy atom. The van der Waals surface area contributed by atoms with Crippen molar-refractivity contribution in [3.05, 3.63) is 93.0 Å². The van der Waals surface area contributed by atoms with E-state index >= 15 is 0 Å². The van der Waals surface area contributed by atoms with E-state index in [1.165, 1.54) is 17.0 Å². The highest BCUT2D eigenvalue weighted by Gasteiger charge is 2.33. The van der Waals surface area contributed by atoms with E-state index in [4.69, 9.17) is 23.2 Å². The summed E-state index contributed by atoms with van der Waals surface area (Å²) in [6, 6.07) is 15.9. The van der Waals surface area contributed by atoms with Gasteiger partial charge in [0.25, 0.3) is 10.0 Å². The fraction of sp³-hybridized carbons (Fsp3) is 0.355. The Morgan fingerprint density at radius 1 is 0.878 bits per heavy atom. The van der Waals surface area contributed by atoms with Gasteiger partial charge in [-0.2, -0.15) is 0 Å². The second-order valence-corrected chi connectivity index (χ2v) is 12.8. The van der Waals surface area contributed by atoms with Crippen molar-refractivity contribution in [1.29, 1.82) is 0 Å². The first-order valence-corrected chi connectivity index (χ1v) is 15.8. The summed E-state index contributed by atoms with van der Waals surface area (Å²) in [6.45, 7) is 9.45. The molecule has 1 unspecified atom stereocenters. The third-order valence-corrected chi connectivity index (χ3v) is 9.47. The van der Waals surface area contributed by atoms with Gasteiger partial charge in [0.2, 0.25) is 11.8 Å². The molecule has 0 saturated carbocycles. The van der Waals surface area contributed by atoms with Crippen molar-refractivity contribution in [2.75, 3.05) is 17.4 Å². The molecule has 1 N–H and O–H groups in total. The van der Waals surface area contributed by atoms with Gasteiger partial charge in [-0.05, 0) is 86.7 Å². The fourth-order valence-corrected chi connectivity index (χ4v) is 6.09. The highest BCUT2D eigenvalue weighted by Crippen LogP contribution is 2.28. The van der Waals surface area contributed by atoms with Crippen LogP contribution in [0.3, 0.4) is 0 Å². The predicted molar refractivity (Wildman–Crippen MR) is 166 cm³/mol. The number of halogens is 2. The molecular weight excluding hydrogens is 581 g/mol. The Labute approximate surface area is 253 Å². The van der Waals surface area contributed by atoms with Gasteiger partial charge < -0.3 is 10.2 Å². The van der Waals surface area contributed by atoms with E-state index in [1.807, 2.05) is 40.7 Å². The second-order valence-electron chi connectivity index (χ2n) is 10.1. The van der Waals surface area contributed by atoms with E-state index in [0.717, 1.165) is 27.4 Å². The van der Waals surface area contributed by atoms with Crippen LogP contribution in [-0.4, -0.2) is 44.3 Å². The molecule has 0 aliphatic heterocycles. The van der Waals surface area contributed by atoms with Crippen LogP contribution < -0.4 is 9.62 Å². The zero-order valence-electron chi connectivity index (χ0n) is 24.1. The van der Waals surface area contributed by atoms with Crippen LogP contribution in [0, 0.1) is 20.8 Å². The van der Waals surface area contributed by atoms with E-state index in [1.54, 1.807) is 42.5 Å². The van der Waals surface area contributed by atoms with Crippen LogP contribution in [-0.2, 0) is 26.2 Å². The molecule has 0 radical (unpaired) electrons. The Morgan fingerprint density at radius 3 is 2.15 bits per heavy atom. The molecular formula is C31H37Cl2N3O4S. The van der Waals surface area contributed by atoms with E-state index in [9.17, 15) is 18.0 Å². The van der Waals surface area contributed by atoms with Gasteiger partial charge in [0, 0.05) is 13.1 Å². The van der Waals surface area contributed by atoms with Gasteiger partial charge in [-0.25, -0.2) is 8.42 Å². The Kier molecular flexibility index (Phi) is 11.2. The number of carbonyl (C=O) groups excluding carboxylic acids is 2. The van der Waals surface area contributed by atoms with Gasteiger partial charge in [0.15, 0.2) is 0 Å². The van der Waals surface area contributed by atoms with E-state index < -0.39 is 28.5 Å². The molecule has 3 aromatic rings. The van der Waals surface area contributed by atoms with Gasteiger partial charge in [0.1, 0.15) is 12.6 Å². The summed E-state index contributed by atoms with van der Waals surface area (Å²) in [5.74, 6) is -0.828. The molecule has 3 rings (SSSR count). The van der Waals surface area contributed by atoms with Crippen LogP contribution in [0.25, 0.3) is 0 Å². The topological polar surface area (TPSA) is 86.8 Å². The summed E-state index contributed by atoms with van der Waals surface area (Å²) in [7, 11) is -4.13. The third kappa shape index (κ3) is 8.03. The van der Waals surface area contributed by atoms with Gasteiger partial charge in [-0.15, -0.1) is 0 Å². The molecule has 10 heteroatoms. The SMILES string of the molecule is CCCNC(=O)C(CC)N(Cc1ccc(Cl)c(Cl)c1)C(=O)CN(c1ccc(C)c(C)c1)S(=O)(=O)c1ccc(C)cc1. The lowest BCUT2D eigenvalue weighted by molar-refractivity contribution is -0.140. The van der Waals surface area contributed by atoms with E-state index in [0.29, 0.717) is 34.3 Å². The van der Waals surface area contributed by atoms with Gasteiger partial charge in [0.05, 0.1) is 20.6 Å². The largest absolute Gasteiger partial charge is 0.354 e. The normalized spacial score (nSPS) is 12.1. The molecule has 220 valence electrons. The average molecular weight is 619 g/mol. The van der Waals surface area contributed by atoms with E-state index in [2.05, 4.69) is 5.32 Å². The van der Waals surface area contributed by atoms with Gasteiger partial charge >= 0.3 is 0 Å². The van der Waals surface area contributed by atoms with E-state index in [-0.39, 0.29) is 17.3 Å². The summed E-state index contributed by atoms with van der Waals surface area (Å²) in [5, 5.41) is 3.56. The minimum absolute atomic E-state index is 0.0408. The molecule has 0 aliphatic rings. The Bertz CT molecular complexity index is 1490. The first-order chi connectivity index (χ1) is 19.4. The van der Waals surface area contributed by atoms with Crippen molar-refractivity contribution in [3.63, 3.8) is 0 Å². The number of sulfonamides is 1. The van der Waals surface area contributed by atoms with Crippen LogP contribution in [0.4, 0.5) is 5.69 Å². The number of hydrogen-bond donors (Lipinski definition) is 1. The quantitative estimate of drug-likeness (QED) is 0.253. The van der Waals surface area contributed by atoms with Crippen molar-refractivity contribution in [2.45, 2.75) is 64.9 Å². The van der Waals surface area contributed by atoms with Crippen LogP contribution in [0.5, 0.6) is 0 Å². The number of amides is 2. The first-order valence-electron chi connectivity index (χ1n) is 13.6. The van der Waals surface area contributed by atoms with Crippen molar-refractivity contribution in [1.82, 2.24) is 10.2 Å². The van der Waals surface area contributed by atoms with Crippen molar-refractivity contribution >= 4 is 50.7 Å². The highest BCUT2D eigenvalue weighted by atomic mass is 35.5. The molecule has 0 fully saturated rings. The molecule has 1 atom stereocenters. The lowest BCUT2D eigenvalue weighted by Crippen LogP contribution is -2.52. The molecule has 41 heavy (non-hydrogen) atoms. The summed E-state index contributed by atoms with van der Waals surface area (Å²) in [4.78, 5) is 28.8. The van der Waals surface area contributed by atoms with Crippen LogP contribution in [0.15, 0.2) is 65.6 Å². The number of carbonyl (C=O) groups is 2. The lowest BCUT2D eigenvalue weighted by atomic mass is 10.1. The number of benzene rings is 3. The number of nitrogens with one attached hydrogen (secondary N) is 1. The third-order valence-electron chi connectivity index (χ3n) is 6.94. The Hall–Kier alpha value is -3.07. The van der Waals surface area contributed by atoms with Crippen molar-refractivity contribution < 1.29 is 18.0 Å². The molecule has 0 aromatic heterocycles. The number of anilines is 1. The molecule has 0 aliphatic carbocycles. The zero-order chi connectivity index (χ0) is 30.3. The highest BCUT2D eigenvalue weighted by molar-refractivity contribution is 7.92. The number of aryl methyl sites for hydroxylation is 3. The average Bonchev–Trinajstić information content (AvgIpc) is 2.94. The zero-order valence-corrected chi connectivity index (χ0v) is 26.4. The summed E-state index contributed by atoms with van der Waals surface area (Å²) in [5.41, 5.74) is 3.81. The maximum Gasteiger partial charge on any atom is 0.264 e. The monoisotopic (exact) mass is 617 g/mol. The number of nitrogens with zero attached hydrogens (tertiary/aromatic N) is 2. The lowest BCUT2D eigenvalue weighted by Gasteiger charge is -2.33. The molecule has 0 spiro atoms. The minimum Gasteiger partial charge on any atom is -0.354 e. The van der Waals surface area contributed by atoms with Crippen LogP contribution >= 0.6 is 23.2 Å². The fourth-order valence-electron chi connectivity index (χ4n) is 4.37. The summed E-state index contributed by atoms with van der Waals surface area (Å²) >= 11 is 12.4. The minimum atomic E-state index is -4.13. The first kappa shape index (κ1) is 32.4. The van der Waals surface area contributed by atoms with Crippen molar-refractivity contribution in [3.8, 4) is 0 Å². The molecule has 0 heterocycles. The maximum absolute atomic E-state index is 14.1. The smallest absolute Gasteiger partial charge is 0.264 e. The van der Waals surface area contributed by atoms with Gasteiger partial charge in [-0.1, -0.05) is 66.9 Å². The molecule has 7 nitrogen and oxygen atoms in total. The summed E-state index contributed by atoms with van der Waals surface area (Å²) in [6.07, 6.45) is 1.06. The van der Waals surface area contributed by atoms with Crippen molar-refractivity contribution in [2.24, 2.45) is 0 Å². The maximum atomic E-state index is 14.1. The second kappa shape index (κ2) is 14.2. The predicted octanol–water partition coefficient (Wildman–Crippen LogP) is 6.45. The van der Waals surface area contributed by atoms with Crippen LogP contribution in [0.2, 0.25) is 10.0 Å². The molecule has 2 amide bonds. The molecule has 0 saturated heterocycles. The molecule has 0 bridgehead atoms. The number of rotatable bonds is 12. The number of hydrogen-bond acceptors (Lipinski definition) is 4.